The molecule has 0 unspecified atom stereocenters. The first kappa shape index (κ1) is 13.1. The highest BCUT2D eigenvalue weighted by Crippen LogP contribution is 2.38. The molecule has 1 N–H and O–H groups in total. The van der Waals surface area contributed by atoms with Crippen molar-refractivity contribution < 1.29 is 28.2 Å². The van der Waals surface area contributed by atoms with Gasteiger partial charge in [-0.2, -0.15) is 0 Å². The maximum absolute atomic E-state index is 12.8. The molecule has 1 aromatic rings. The Kier molecular flexibility index (Phi) is 4.19. The van der Waals surface area contributed by atoms with Crippen LogP contribution >= 0.6 is 0 Å². The Bertz CT molecular complexity index is 423. The van der Waals surface area contributed by atoms with Crippen molar-refractivity contribution in [2.75, 3.05) is 14.2 Å². The maximum atomic E-state index is 12.8. The van der Waals surface area contributed by atoms with Gasteiger partial charge in [0, 0.05) is 0 Å². The summed E-state index contributed by atoms with van der Waals surface area (Å²) >= 11 is 0. The number of alkyl halides is 2. The van der Waals surface area contributed by atoms with Gasteiger partial charge < -0.3 is 14.6 Å². The highest BCUT2D eigenvalue weighted by molar-refractivity contribution is 5.71. The second-order valence-electron chi connectivity index (χ2n) is 3.09. The second kappa shape index (κ2) is 5.42. The summed E-state index contributed by atoms with van der Waals surface area (Å²) in [6.07, 6.45) is -2.27. The van der Waals surface area contributed by atoms with Crippen molar-refractivity contribution in [1.82, 2.24) is 4.98 Å². The van der Waals surface area contributed by atoms with E-state index in [1.54, 1.807) is 0 Å². The summed E-state index contributed by atoms with van der Waals surface area (Å²) in [5.41, 5.74) is -0.544. The van der Waals surface area contributed by atoms with E-state index >= 15 is 0 Å². The molecule has 0 spiro atoms. The number of carbonyl (C=O) groups is 1. The lowest BCUT2D eigenvalue weighted by atomic mass is 10.1. The molecule has 5 nitrogen and oxygen atoms in total. The van der Waals surface area contributed by atoms with Crippen LogP contribution in [0.2, 0.25) is 0 Å². The number of methoxy groups -OCH3 is 2. The average molecular weight is 247 g/mol. The van der Waals surface area contributed by atoms with E-state index in [1.807, 2.05) is 0 Å². The zero-order valence-electron chi connectivity index (χ0n) is 9.24. The van der Waals surface area contributed by atoms with Crippen LogP contribution < -0.4 is 9.47 Å². The van der Waals surface area contributed by atoms with Gasteiger partial charge in [0.05, 0.1) is 32.5 Å². The SMILES string of the molecule is COc1cnc(CC(=O)O)c(OC)c1C(F)F. The topological polar surface area (TPSA) is 68.7 Å². The van der Waals surface area contributed by atoms with Crippen LogP contribution in [0.4, 0.5) is 8.78 Å². The van der Waals surface area contributed by atoms with E-state index in [9.17, 15) is 13.6 Å². The molecule has 1 rings (SSSR count). The monoisotopic (exact) mass is 247 g/mol. The first-order valence-electron chi connectivity index (χ1n) is 4.61. The number of halogens is 2. The van der Waals surface area contributed by atoms with E-state index in [4.69, 9.17) is 14.6 Å². The molecule has 1 aromatic heterocycles. The number of aromatic nitrogens is 1. The van der Waals surface area contributed by atoms with Crippen molar-refractivity contribution in [3.05, 3.63) is 17.5 Å². The fourth-order valence-corrected chi connectivity index (χ4v) is 1.40. The Morgan fingerprint density at radius 2 is 2.12 bits per heavy atom. The van der Waals surface area contributed by atoms with Crippen molar-refractivity contribution in [3.8, 4) is 11.5 Å². The zero-order chi connectivity index (χ0) is 13.0. The van der Waals surface area contributed by atoms with Gasteiger partial charge in [-0.05, 0) is 0 Å². The summed E-state index contributed by atoms with van der Waals surface area (Å²) in [4.78, 5) is 14.3. The number of carboxylic acid groups (broad SMARTS) is 1. The van der Waals surface area contributed by atoms with E-state index in [0.717, 1.165) is 6.20 Å². The molecule has 0 radical (unpaired) electrons. The molecule has 0 fully saturated rings. The fraction of sp³-hybridized carbons (Fsp3) is 0.400. The van der Waals surface area contributed by atoms with E-state index in [0.29, 0.717) is 0 Å². The normalized spacial score (nSPS) is 10.4. The molecule has 0 aliphatic carbocycles. The van der Waals surface area contributed by atoms with E-state index in [1.165, 1.54) is 14.2 Å². The predicted molar refractivity (Wildman–Crippen MR) is 53.6 cm³/mol. The van der Waals surface area contributed by atoms with Crippen molar-refractivity contribution in [2.45, 2.75) is 12.8 Å². The number of ether oxygens (including phenoxy) is 2. The lowest BCUT2D eigenvalue weighted by Gasteiger charge is -2.14. The smallest absolute Gasteiger partial charge is 0.309 e. The molecule has 0 saturated carbocycles. The summed E-state index contributed by atoms with van der Waals surface area (Å²) < 4.78 is 35.2. The lowest BCUT2D eigenvalue weighted by Crippen LogP contribution is -2.08. The van der Waals surface area contributed by atoms with Gasteiger partial charge >= 0.3 is 5.97 Å². The van der Waals surface area contributed by atoms with Crippen molar-refractivity contribution in [1.29, 1.82) is 0 Å². The molecule has 94 valence electrons. The van der Waals surface area contributed by atoms with Gasteiger partial charge in [-0.15, -0.1) is 0 Å². The van der Waals surface area contributed by atoms with Crippen LogP contribution in [0.1, 0.15) is 17.7 Å². The van der Waals surface area contributed by atoms with Gasteiger partial charge in [0.15, 0.2) is 5.75 Å². The Morgan fingerprint density at radius 3 is 2.53 bits per heavy atom. The van der Waals surface area contributed by atoms with Crippen molar-refractivity contribution >= 4 is 5.97 Å². The molecule has 0 aliphatic rings. The first-order valence-corrected chi connectivity index (χ1v) is 4.61. The molecular weight excluding hydrogens is 236 g/mol. The van der Waals surface area contributed by atoms with Crippen LogP contribution in [-0.2, 0) is 11.2 Å². The average Bonchev–Trinajstić information content (AvgIpc) is 2.27. The van der Waals surface area contributed by atoms with E-state index in [2.05, 4.69) is 4.98 Å². The Balaban J connectivity index is 3.35. The minimum Gasteiger partial charge on any atom is -0.494 e. The summed E-state index contributed by atoms with van der Waals surface area (Å²) in [6, 6.07) is 0. The van der Waals surface area contributed by atoms with Gasteiger partial charge in [-0.1, -0.05) is 0 Å². The maximum Gasteiger partial charge on any atom is 0.309 e. The van der Waals surface area contributed by atoms with Crippen LogP contribution in [-0.4, -0.2) is 30.3 Å². The molecule has 0 aromatic carbocycles. The third-order valence-corrected chi connectivity index (χ3v) is 2.07. The number of nitrogens with zero attached hydrogens (tertiary/aromatic N) is 1. The molecule has 7 heteroatoms. The highest BCUT2D eigenvalue weighted by Gasteiger charge is 2.24. The van der Waals surface area contributed by atoms with E-state index < -0.39 is 24.4 Å². The van der Waals surface area contributed by atoms with Crippen LogP contribution in [0.5, 0.6) is 11.5 Å². The number of pyridine rings is 1. The molecule has 0 bridgehead atoms. The van der Waals surface area contributed by atoms with Crippen LogP contribution in [0, 0.1) is 0 Å². The van der Waals surface area contributed by atoms with Gasteiger partial charge in [-0.3, -0.25) is 9.78 Å². The van der Waals surface area contributed by atoms with Crippen molar-refractivity contribution in [2.24, 2.45) is 0 Å². The van der Waals surface area contributed by atoms with Crippen molar-refractivity contribution in [3.63, 3.8) is 0 Å². The number of carboxylic acids is 1. The zero-order valence-corrected chi connectivity index (χ0v) is 9.24. The Morgan fingerprint density at radius 1 is 1.47 bits per heavy atom. The van der Waals surface area contributed by atoms with Gasteiger partial charge in [0.2, 0.25) is 0 Å². The molecule has 0 atom stereocenters. The molecule has 1 heterocycles. The number of hydrogen-bond donors (Lipinski definition) is 1. The van der Waals surface area contributed by atoms with Crippen LogP contribution in [0.25, 0.3) is 0 Å². The van der Waals surface area contributed by atoms with Gasteiger partial charge in [-0.25, -0.2) is 8.78 Å². The standard InChI is InChI=1S/C10H11F2NO4/c1-16-6-4-13-5(3-7(14)15)9(17-2)8(6)10(11)12/h4,10H,3H2,1-2H3,(H,14,15). The van der Waals surface area contributed by atoms with E-state index in [-0.39, 0.29) is 17.2 Å². The summed E-state index contributed by atoms with van der Waals surface area (Å²) in [5, 5.41) is 8.63. The minimum atomic E-state index is -2.84. The number of aliphatic carboxylic acids is 1. The lowest BCUT2D eigenvalue weighted by molar-refractivity contribution is -0.136. The molecule has 0 saturated heterocycles. The van der Waals surface area contributed by atoms with Crippen LogP contribution in [0.15, 0.2) is 6.20 Å². The van der Waals surface area contributed by atoms with Gasteiger partial charge in [0.25, 0.3) is 6.43 Å². The summed E-state index contributed by atoms with van der Waals surface area (Å²) in [6.45, 7) is 0. The second-order valence-corrected chi connectivity index (χ2v) is 3.09. The third-order valence-electron chi connectivity index (χ3n) is 2.07. The van der Waals surface area contributed by atoms with Crippen LogP contribution in [0.3, 0.4) is 0 Å². The molecule has 0 amide bonds. The fourth-order valence-electron chi connectivity index (χ4n) is 1.40. The third kappa shape index (κ3) is 2.80. The minimum absolute atomic E-state index is 0.0592. The Labute approximate surface area is 96.0 Å². The molecule has 0 aliphatic heterocycles. The molecular formula is C10H11F2NO4. The Hall–Kier alpha value is -1.92. The number of rotatable bonds is 5. The number of hydrogen-bond acceptors (Lipinski definition) is 4. The highest BCUT2D eigenvalue weighted by atomic mass is 19.3. The molecule has 17 heavy (non-hydrogen) atoms. The van der Waals surface area contributed by atoms with Gasteiger partial charge in [0.1, 0.15) is 11.3 Å². The predicted octanol–water partition coefficient (Wildman–Crippen LogP) is 1.66. The largest absolute Gasteiger partial charge is 0.494 e. The summed E-state index contributed by atoms with van der Waals surface area (Å²) in [5.74, 6) is -1.56. The quantitative estimate of drug-likeness (QED) is 0.857. The summed E-state index contributed by atoms with van der Waals surface area (Å²) in [7, 11) is 2.40. The first-order chi connectivity index (χ1) is 8.01.